The van der Waals surface area contributed by atoms with E-state index in [1.807, 2.05) is 25.8 Å². The minimum absolute atomic E-state index is 0.0578. The van der Waals surface area contributed by atoms with Crippen molar-refractivity contribution < 1.29 is 14.3 Å². The third-order valence-corrected chi connectivity index (χ3v) is 2.68. The van der Waals surface area contributed by atoms with Crippen LogP contribution in [-0.2, 0) is 11.3 Å². The highest BCUT2D eigenvalue weighted by molar-refractivity contribution is 5.78. The number of aliphatic hydroxyl groups is 1. The number of aliphatic hydroxyl groups excluding tert-OH is 1. The van der Waals surface area contributed by atoms with Gasteiger partial charge in [0.15, 0.2) is 0 Å². The van der Waals surface area contributed by atoms with Crippen molar-refractivity contribution in [2.75, 3.05) is 20.2 Å². The van der Waals surface area contributed by atoms with Crippen LogP contribution in [0.25, 0.3) is 0 Å². The molecule has 1 aromatic rings. The van der Waals surface area contributed by atoms with Gasteiger partial charge in [0.2, 0.25) is 5.91 Å². The molecule has 0 aliphatic carbocycles. The first-order valence-electron chi connectivity index (χ1n) is 6.78. The molecule has 4 nitrogen and oxygen atoms in total. The summed E-state index contributed by atoms with van der Waals surface area (Å²) in [6, 6.07) is 4.44. The summed E-state index contributed by atoms with van der Waals surface area (Å²) in [5, 5.41) is 11.6. The van der Waals surface area contributed by atoms with Crippen molar-refractivity contribution in [3.63, 3.8) is 0 Å². The normalized spacial score (nSPS) is 10.4. The smallest absolute Gasteiger partial charge is 0.234 e. The number of carbonyl (C=O) groups is 1. The summed E-state index contributed by atoms with van der Waals surface area (Å²) in [4.78, 5) is 13.5. The van der Waals surface area contributed by atoms with E-state index in [0.717, 1.165) is 5.56 Å². The molecule has 5 heteroatoms. The Balaban J connectivity index is 2.75. The third-order valence-electron chi connectivity index (χ3n) is 2.68. The van der Waals surface area contributed by atoms with Crippen molar-refractivity contribution in [3.8, 4) is 11.8 Å². The fourth-order valence-corrected chi connectivity index (χ4v) is 1.90. The Kier molecular flexibility index (Phi) is 6.86. The van der Waals surface area contributed by atoms with E-state index < -0.39 is 0 Å². The number of benzene rings is 1. The van der Waals surface area contributed by atoms with E-state index in [1.54, 1.807) is 6.07 Å². The Morgan fingerprint density at radius 3 is 2.81 bits per heavy atom. The number of rotatable bonds is 5. The van der Waals surface area contributed by atoms with E-state index in [4.69, 9.17) is 5.11 Å². The number of hydrogen-bond donors (Lipinski definition) is 2. The maximum atomic E-state index is 13.3. The van der Waals surface area contributed by atoms with Gasteiger partial charge in [0.1, 0.15) is 12.4 Å². The second-order valence-corrected chi connectivity index (χ2v) is 5.16. The van der Waals surface area contributed by atoms with Gasteiger partial charge < -0.3 is 10.4 Å². The zero-order valence-electron chi connectivity index (χ0n) is 12.6. The lowest BCUT2D eigenvalue weighted by Gasteiger charge is -2.18. The second-order valence-electron chi connectivity index (χ2n) is 5.16. The summed E-state index contributed by atoms with van der Waals surface area (Å²) >= 11 is 0. The molecule has 1 rings (SSSR count). The van der Waals surface area contributed by atoms with Crippen molar-refractivity contribution >= 4 is 5.91 Å². The van der Waals surface area contributed by atoms with Gasteiger partial charge in [-0.1, -0.05) is 17.9 Å². The molecule has 0 heterocycles. The summed E-state index contributed by atoms with van der Waals surface area (Å²) in [5.41, 5.74) is 1.34. The summed E-state index contributed by atoms with van der Waals surface area (Å²) in [6.07, 6.45) is 0. The van der Waals surface area contributed by atoms with E-state index in [2.05, 4.69) is 17.2 Å². The highest BCUT2D eigenvalue weighted by Crippen LogP contribution is 2.12. The van der Waals surface area contributed by atoms with Gasteiger partial charge in [0, 0.05) is 18.2 Å². The lowest BCUT2D eigenvalue weighted by Crippen LogP contribution is -2.38. The van der Waals surface area contributed by atoms with Crippen LogP contribution in [0.4, 0.5) is 4.39 Å². The molecule has 0 fully saturated rings. The lowest BCUT2D eigenvalue weighted by molar-refractivity contribution is -0.122. The molecule has 0 unspecified atom stereocenters. The first-order valence-corrected chi connectivity index (χ1v) is 6.78. The predicted octanol–water partition coefficient (Wildman–Crippen LogP) is 1.13. The van der Waals surface area contributed by atoms with Gasteiger partial charge in [0.25, 0.3) is 0 Å². The second kappa shape index (κ2) is 8.40. The molecule has 2 N–H and O–H groups in total. The van der Waals surface area contributed by atoms with Crippen molar-refractivity contribution in [1.29, 1.82) is 0 Å². The summed E-state index contributed by atoms with van der Waals surface area (Å²) < 4.78 is 13.3. The third kappa shape index (κ3) is 6.39. The molecule has 0 aromatic heterocycles. The molecule has 1 aromatic carbocycles. The Labute approximate surface area is 125 Å². The van der Waals surface area contributed by atoms with Crippen molar-refractivity contribution in [3.05, 3.63) is 35.1 Å². The fourth-order valence-electron chi connectivity index (χ4n) is 1.90. The minimum Gasteiger partial charge on any atom is -0.384 e. The van der Waals surface area contributed by atoms with Gasteiger partial charge in [-0.05, 0) is 38.6 Å². The van der Waals surface area contributed by atoms with E-state index in [9.17, 15) is 9.18 Å². The Morgan fingerprint density at radius 1 is 1.48 bits per heavy atom. The molecule has 0 aliphatic rings. The predicted molar refractivity (Wildman–Crippen MR) is 80.0 cm³/mol. The molecular formula is C16H21FN2O2. The van der Waals surface area contributed by atoms with Gasteiger partial charge in [0.05, 0.1) is 6.54 Å². The standard InChI is InChI=1S/C16H21FN2O2/c1-12(2)18-16(21)11-19(3)10-14-6-7-15(17)9-13(14)5-4-8-20/h6-7,9,12,20H,8,10-11H2,1-3H3,(H,18,21). The molecule has 1 amide bonds. The number of likely N-dealkylation sites (N-methyl/N-ethyl adjacent to an activating group) is 1. The van der Waals surface area contributed by atoms with Gasteiger partial charge >= 0.3 is 0 Å². The maximum Gasteiger partial charge on any atom is 0.234 e. The molecule has 0 aliphatic heterocycles. The zero-order chi connectivity index (χ0) is 15.8. The highest BCUT2D eigenvalue weighted by Gasteiger charge is 2.10. The van der Waals surface area contributed by atoms with Crippen LogP contribution in [0.3, 0.4) is 0 Å². The first kappa shape index (κ1) is 17.2. The first-order chi connectivity index (χ1) is 9.92. The molecular weight excluding hydrogens is 271 g/mol. The average Bonchev–Trinajstić information content (AvgIpc) is 2.37. The molecule has 114 valence electrons. The fraction of sp³-hybridized carbons (Fsp3) is 0.438. The highest BCUT2D eigenvalue weighted by atomic mass is 19.1. The monoisotopic (exact) mass is 292 g/mol. The van der Waals surface area contributed by atoms with Crippen LogP contribution in [0.1, 0.15) is 25.0 Å². The van der Waals surface area contributed by atoms with E-state index in [1.165, 1.54) is 12.1 Å². The number of hydrogen-bond acceptors (Lipinski definition) is 3. The maximum absolute atomic E-state index is 13.3. The number of amides is 1. The van der Waals surface area contributed by atoms with Crippen LogP contribution in [0, 0.1) is 17.7 Å². The largest absolute Gasteiger partial charge is 0.384 e. The van der Waals surface area contributed by atoms with Gasteiger partial charge in [-0.25, -0.2) is 4.39 Å². The molecule has 0 radical (unpaired) electrons. The van der Waals surface area contributed by atoms with Crippen LogP contribution in [0.2, 0.25) is 0 Å². The van der Waals surface area contributed by atoms with Crippen LogP contribution in [0.15, 0.2) is 18.2 Å². The quantitative estimate of drug-likeness (QED) is 0.800. The van der Waals surface area contributed by atoms with Crippen LogP contribution < -0.4 is 5.32 Å². The molecule has 0 atom stereocenters. The van der Waals surface area contributed by atoms with Crippen molar-refractivity contribution in [2.24, 2.45) is 0 Å². The van der Waals surface area contributed by atoms with Gasteiger partial charge in [-0.2, -0.15) is 0 Å². The zero-order valence-corrected chi connectivity index (χ0v) is 12.6. The van der Waals surface area contributed by atoms with E-state index in [-0.39, 0.29) is 30.9 Å². The number of halogens is 1. The molecule has 0 saturated carbocycles. The Bertz CT molecular complexity index is 547. The summed E-state index contributed by atoms with van der Waals surface area (Å²) in [5.74, 6) is 4.81. The van der Waals surface area contributed by atoms with E-state index in [0.29, 0.717) is 12.1 Å². The topological polar surface area (TPSA) is 52.6 Å². The lowest BCUT2D eigenvalue weighted by atomic mass is 10.1. The molecule has 0 saturated heterocycles. The van der Waals surface area contributed by atoms with Crippen molar-refractivity contribution in [2.45, 2.75) is 26.4 Å². The number of nitrogens with zero attached hydrogens (tertiary/aromatic N) is 1. The van der Waals surface area contributed by atoms with Crippen LogP contribution in [-0.4, -0.2) is 42.2 Å². The van der Waals surface area contributed by atoms with Gasteiger partial charge in [-0.3, -0.25) is 9.69 Å². The summed E-state index contributed by atoms with van der Waals surface area (Å²) in [7, 11) is 1.81. The van der Waals surface area contributed by atoms with Crippen LogP contribution >= 0.6 is 0 Å². The number of carbonyl (C=O) groups excluding carboxylic acids is 1. The molecule has 0 spiro atoms. The molecule has 0 bridgehead atoms. The van der Waals surface area contributed by atoms with Gasteiger partial charge in [-0.15, -0.1) is 0 Å². The Hall–Kier alpha value is -1.90. The van der Waals surface area contributed by atoms with Crippen molar-refractivity contribution in [1.82, 2.24) is 10.2 Å². The Morgan fingerprint density at radius 2 is 2.19 bits per heavy atom. The average molecular weight is 292 g/mol. The SMILES string of the molecule is CC(C)NC(=O)CN(C)Cc1ccc(F)cc1C#CCO. The molecule has 21 heavy (non-hydrogen) atoms. The number of nitrogens with one attached hydrogen (secondary N) is 1. The van der Waals surface area contributed by atoms with Crippen LogP contribution in [0.5, 0.6) is 0 Å². The minimum atomic E-state index is -0.374. The summed E-state index contributed by atoms with van der Waals surface area (Å²) in [6.45, 7) is 4.26. The van der Waals surface area contributed by atoms with E-state index >= 15 is 0 Å².